The van der Waals surface area contributed by atoms with E-state index >= 15 is 0 Å². The molecular formula is C17H16F3N5O2. The number of aryl methyl sites for hydroxylation is 2. The Labute approximate surface area is 151 Å². The first-order valence-electron chi connectivity index (χ1n) is 7.95. The number of rotatable bonds is 4. The lowest BCUT2D eigenvalue weighted by molar-refractivity contribution is -0.139. The molecule has 142 valence electrons. The van der Waals surface area contributed by atoms with Gasteiger partial charge in [0.25, 0.3) is 0 Å². The van der Waals surface area contributed by atoms with Crippen molar-refractivity contribution < 1.29 is 23.1 Å². The van der Waals surface area contributed by atoms with E-state index < -0.39 is 23.8 Å². The summed E-state index contributed by atoms with van der Waals surface area (Å²) in [4.78, 5) is 23.0. The second kappa shape index (κ2) is 6.62. The van der Waals surface area contributed by atoms with Crippen LogP contribution in [0.3, 0.4) is 0 Å². The largest absolute Gasteiger partial charge is 0.480 e. The molecule has 0 aliphatic carbocycles. The molecule has 7 nitrogen and oxygen atoms in total. The monoisotopic (exact) mass is 379 g/mol. The first-order chi connectivity index (χ1) is 12.6. The highest BCUT2D eigenvalue weighted by Gasteiger charge is 2.38. The van der Waals surface area contributed by atoms with Crippen LogP contribution in [0, 0.1) is 13.8 Å². The average Bonchev–Trinajstić information content (AvgIpc) is 3.02. The lowest BCUT2D eigenvalue weighted by atomic mass is 10.0. The van der Waals surface area contributed by atoms with E-state index in [0.717, 1.165) is 0 Å². The fourth-order valence-electron chi connectivity index (χ4n) is 2.98. The Bertz CT molecular complexity index is 1030. The van der Waals surface area contributed by atoms with E-state index in [9.17, 15) is 18.0 Å². The number of fused-ring (bicyclic) bond motifs is 1. The maximum absolute atomic E-state index is 13.6. The van der Waals surface area contributed by atoms with Crippen LogP contribution in [0.5, 0.6) is 0 Å². The number of nitrogens with zero attached hydrogens (tertiary/aromatic N) is 4. The number of hydrogen-bond acceptors (Lipinski definition) is 5. The highest BCUT2D eigenvalue weighted by atomic mass is 19.4. The van der Waals surface area contributed by atoms with Crippen LogP contribution in [0.15, 0.2) is 24.5 Å². The normalized spacial score (nSPS) is 13.1. The summed E-state index contributed by atoms with van der Waals surface area (Å²) in [5.41, 5.74) is 5.13. The Morgan fingerprint density at radius 3 is 2.63 bits per heavy atom. The SMILES string of the molecule is Cc1nc(C)c(C(F)(F)F)c(-c2ccc(C[C@H](N)C(=O)O)n3ccnc23)n1. The number of pyridine rings is 1. The van der Waals surface area contributed by atoms with Gasteiger partial charge >= 0.3 is 12.1 Å². The molecular weight excluding hydrogens is 363 g/mol. The molecule has 0 spiro atoms. The average molecular weight is 379 g/mol. The van der Waals surface area contributed by atoms with Gasteiger partial charge in [0, 0.05) is 30.1 Å². The van der Waals surface area contributed by atoms with E-state index in [-0.39, 0.29) is 34.8 Å². The molecule has 0 fully saturated rings. The van der Waals surface area contributed by atoms with Crippen molar-refractivity contribution in [1.29, 1.82) is 0 Å². The molecule has 0 saturated carbocycles. The molecule has 0 aromatic carbocycles. The molecule has 3 heterocycles. The zero-order chi connectivity index (χ0) is 19.9. The van der Waals surface area contributed by atoms with Crippen molar-refractivity contribution in [2.45, 2.75) is 32.5 Å². The van der Waals surface area contributed by atoms with E-state index in [1.165, 1.54) is 42.8 Å². The van der Waals surface area contributed by atoms with Crippen LogP contribution in [0.25, 0.3) is 16.9 Å². The van der Waals surface area contributed by atoms with Crippen molar-refractivity contribution in [1.82, 2.24) is 19.4 Å². The maximum atomic E-state index is 13.6. The number of carboxylic acids is 1. The summed E-state index contributed by atoms with van der Waals surface area (Å²) in [6.45, 7) is 2.80. The summed E-state index contributed by atoms with van der Waals surface area (Å²) >= 11 is 0. The van der Waals surface area contributed by atoms with Crippen LogP contribution < -0.4 is 5.73 Å². The second-order valence-corrected chi connectivity index (χ2v) is 6.09. The smallest absolute Gasteiger partial charge is 0.420 e. The van der Waals surface area contributed by atoms with Gasteiger partial charge in [0.15, 0.2) is 0 Å². The molecule has 0 radical (unpaired) electrons. The van der Waals surface area contributed by atoms with E-state index in [0.29, 0.717) is 5.69 Å². The first kappa shape index (κ1) is 18.8. The van der Waals surface area contributed by atoms with Crippen molar-refractivity contribution >= 4 is 11.6 Å². The summed E-state index contributed by atoms with van der Waals surface area (Å²) in [6.07, 6.45) is -1.68. The van der Waals surface area contributed by atoms with E-state index in [1.807, 2.05) is 0 Å². The van der Waals surface area contributed by atoms with Crippen molar-refractivity contribution in [2.75, 3.05) is 0 Å². The maximum Gasteiger partial charge on any atom is 0.420 e. The molecule has 3 N–H and O–H groups in total. The van der Waals surface area contributed by atoms with Crippen LogP contribution in [-0.2, 0) is 17.4 Å². The van der Waals surface area contributed by atoms with Crippen LogP contribution in [0.4, 0.5) is 13.2 Å². The van der Waals surface area contributed by atoms with E-state index in [2.05, 4.69) is 15.0 Å². The molecule has 3 aromatic rings. The Balaban J connectivity index is 2.23. The number of aliphatic carboxylic acids is 1. The fourth-order valence-corrected chi connectivity index (χ4v) is 2.98. The standard InChI is InChI=1S/C17H16F3N5O2/c1-8-13(17(18,19)20)14(24-9(2)23-8)11-4-3-10(7-12(21)16(26)27)25-6-5-22-15(11)25/h3-6,12H,7,21H2,1-2H3,(H,26,27)/t12-/m0/s1. The Morgan fingerprint density at radius 2 is 2.00 bits per heavy atom. The molecule has 0 unspecified atom stereocenters. The van der Waals surface area contributed by atoms with Gasteiger partial charge < -0.3 is 15.2 Å². The van der Waals surface area contributed by atoms with Gasteiger partial charge in [-0.1, -0.05) is 0 Å². The highest BCUT2D eigenvalue weighted by Crippen LogP contribution is 2.38. The van der Waals surface area contributed by atoms with Gasteiger partial charge in [-0.3, -0.25) is 4.79 Å². The van der Waals surface area contributed by atoms with Crippen molar-refractivity contribution in [3.63, 3.8) is 0 Å². The van der Waals surface area contributed by atoms with Crippen LogP contribution in [0.2, 0.25) is 0 Å². The summed E-state index contributed by atoms with van der Waals surface area (Å²) < 4.78 is 42.3. The molecule has 10 heteroatoms. The summed E-state index contributed by atoms with van der Waals surface area (Å²) in [6, 6.07) is 1.83. The third kappa shape index (κ3) is 3.47. The lowest BCUT2D eigenvalue weighted by Crippen LogP contribution is -2.32. The molecule has 27 heavy (non-hydrogen) atoms. The number of carboxylic acid groups (broad SMARTS) is 1. The molecule has 0 bridgehead atoms. The molecule has 1 atom stereocenters. The van der Waals surface area contributed by atoms with Crippen LogP contribution in [0.1, 0.15) is 22.8 Å². The molecule has 0 saturated heterocycles. The van der Waals surface area contributed by atoms with Crippen molar-refractivity contribution in [3.05, 3.63) is 47.3 Å². The van der Waals surface area contributed by atoms with Gasteiger partial charge in [-0.2, -0.15) is 13.2 Å². The Hall–Kier alpha value is -3.01. The van der Waals surface area contributed by atoms with Crippen LogP contribution >= 0.6 is 0 Å². The van der Waals surface area contributed by atoms with Gasteiger partial charge in [0.05, 0.1) is 11.4 Å². The van der Waals surface area contributed by atoms with Crippen LogP contribution in [-0.4, -0.2) is 36.5 Å². The number of hydrogen-bond donors (Lipinski definition) is 2. The predicted octanol–water partition coefficient (Wildman–Crippen LogP) is 2.38. The minimum atomic E-state index is -4.64. The zero-order valence-corrected chi connectivity index (χ0v) is 14.4. The number of nitrogens with two attached hydrogens (primary N) is 1. The number of alkyl halides is 3. The summed E-state index contributed by atoms with van der Waals surface area (Å²) in [5.74, 6) is -0.967. The van der Waals surface area contributed by atoms with E-state index in [4.69, 9.17) is 10.8 Å². The lowest BCUT2D eigenvalue weighted by Gasteiger charge is -2.17. The van der Waals surface area contributed by atoms with Gasteiger partial charge in [-0.05, 0) is 26.0 Å². The number of aromatic nitrogens is 4. The van der Waals surface area contributed by atoms with E-state index in [1.54, 1.807) is 0 Å². The third-order valence-corrected chi connectivity index (χ3v) is 4.12. The Morgan fingerprint density at radius 1 is 1.30 bits per heavy atom. The van der Waals surface area contributed by atoms with Gasteiger partial charge in [0.2, 0.25) is 0 Å². The summed E-state index contributed by atoms with van der Waals surface area (Å²) in [7, 11) is 0. The quantitative estimate of drug-likeness (QED) is 0.721. The fraction of sp³-hybridized carbons (Fsp3) is 0.294. The predicted molar refractivity (Wildman–Crippen MR) is 90.0 cm³/mol. The Kier molecular flexibility index (Phi) is 4.60. The number of halogens is 3. The second-order valence-electron chi connectivity index (χ2n) is 6.09. The minimum Gasteiger partial charge on any atom is -0.480 e. The topological polar surface area (TPSA) is 106 Å². The summed E-state index contributed by atoms with van der Waals surface area (Å²) in [5, 5.41) is 8.99. The number of imidazole rings is 1. The van der Waals surface area contributed by atoms with Gasteiger partial charge in [-0.15, -0.1) is 0 Å². The van der Waals surface area contributed by atoms with Gasteiger partial charge in [-0.25, -0.2) is 15.0 Å². The third-order valence-electron chi connectivity index (χ3n) is 4.12. The minimum absolute atomic E-state index is 0.00354. The molecule has 0 aliphatic rings. The van der Waals surface area contributed by atoms with Gasteiger partial charge in [0.1, 0.15) is 23.1 Å². The zero-order valence-electron chi connectivity index (χ0n) is 14.4. The van der Waals surface area contributed by atoms with Crippen molar-refractivity contribution in [2.24, 2.45) is 5.73 Å². The highest BCUT2D eigenvalue weighted by molar-refractivity contribution is 5.78. The first-order valence-corrected chi connectivity index (χ1v) is 7.95. The number of carbonyl (C=O) groups is 1. The molecule has 0 amide bonds. The molecule has 3 rings (SSSR count). The molecule has 3 aromatic heterocycles. The molecule has 0 aliphatic heterocycles. The van der Waals surface area contributed by atoms with Crippen molar-refractivity contribution in [3.8, 4) is 11.3 Å².